The van der Waals surface area contributed by atoms with Gasteiger partial charge in [-0.3, -0.25) is 4.79 Å². The molecule has 162 valence electrons. The van der Waals surface area contributed by atoms with Crippen molar-refractivity contribution in [1.29, 1.82) is 0 Å². The number of aromatic nitrogens is 3. The Morgan fingerprint density at radius 1 is 1.19 bits per heavy atom. The Morgan fingerprint density at radius 2 is 2.00 bits per heavy atom. The minimum absolute atomic E-state index is 0.0360. The number of anilines is 1. The lowest BCUT2D eigenvalue weighted by Crippen LogP contribution is -2.54. The van der Waals surface area contributed by atoms with E-state index in [0.29, 0.717) is 29.7 Å². The fraction of sp³-hybridized carbons (Fsp3) is 0.409. The highest BCUT2D eigenvalue weighted by Gasteiger charge is 2.37. The first kappa shape index (κ1) is 20.5. The van der Waals surface area contributed by atoms with E-state index in [1.165, 1.54) is 5.56 Å². The number of hydrogen-bond donors (Lipinski definition) is 1. The number of benzene rings is 1. The molecule has 2 aliphatic heterocycles. The van der Waals surface area contributed by atoms with Gasteiger partial charge in [0.2, 0.25) is 5.91 Å². The first-order valence-electron chi connectivity index (χ1n) is 10.5. The van der Waals surface area contributed by atoms with Gasteiger partial charge in [0.25, 0.3) is 0 Å². The molecule has 1 saturated heterocycles. The molecule has 0 saturated carbocycles. The van der Waals surface area contributed by atoms with Crippen LogP contribution in [0.15, 0.2) is 30.5 Å². The molecule has 2 aliphatic rings. The van der Waals surface area contributed by atoms with Gasteiger partial charge in [-0.1, -0.05) is 29.3 Å². The highest BCUT2D eigenvalue weighted by molar-refractivity contribution is 6.42. The number of hydrogen-bond acceptors (Lipinski definition) is 5. The second-order valence-corrected chi connectivity index (χ2v) is 9.07. The van der Waals surface area contributed by atoms with Crippen molar-refractivity contribution in [2.45, 2.75) is 19.4 Å². The Balaban J connectivity index is 1.32. The molecule has 1 N–H and O–H groups in total. The van der Waals surface area contributed by atoms with Crippen LogP contribution in [-0.4, -0.2) is 58.6 Å². The first-order valence-corrected chi connectivity index (χ1v) is 11.3. The standard InChI is InChI=1S/C22H24Cl2N6O/c1-28(11-14-2-3-17(23)18(24)10-14)22(31)15-12-29(13-15)21-16-4-7-25-8-5-19(16)27-20-6-9-26-30(20)21/h2-3,6,9-10,15,25H,4-5,7-8,11-13H2,1H3. The molecule has 1 amide bonds. The maximum absolute atomic E-state index is 13.0. The summed E-state index contributed by atoms with van der Waals surface area (Å²) in [4.78, 5) is 21.9. The summed E-state index contributed by atoms with van der Waals surface area (Å²) in [6.45, 7) is 3.74. The molecular formula is C22H24Cl2N6O. The Morgan fingerprint density at radius 3 is 2.81 bits per heavy atom. The van der Waals surface area contributed by atoms with Crippen LogP contribution in [0.1, 0.15) is 16.8 Å². The van der Waals surface area contributed by atoms with Crippen molar-refractivity contribution < 1.29 is 4.79 Å². The van der Waals surface area contributed by atoms with E-state index in [2.05, 4.69) is 15.3 Å². The summed E-state index contributed by atoms with van der Waals surface area (Å²) in [5.74, 6) is 1.19. The molecule has 1 fully saturated rings. The van der Waals surface area contributed by atoms with Crippen LogP contribution >= 0.6 is 23.2 Å². The number of amides is 1. The predicted molar refractivity (Wildman–Crippen MR) is 122 cm³/mol. The van der Waals surface area contributed by atoms with Crippen molar-refractivity contribution in [3.8, 4) is 0 Å². The molecule has 3 aromatic rings. The number of nitrogens with zero attached hydrogens (tertiary/aromatic N) is 5. The summed E-state index contributed by atoms with van der Waals surface area (Å²) in [6.07, 6.45) is 3.61. The minimum Gasteiger partial charge on any atom is -0.354 e. The average molecular weight is 459 g/mol. The second-order valence-electron chi connectivity index (χ2n) is 8.26. The minimum atomic E-state index is -0.0360. The van der Waals surface area contributed by atoms with Crippen molar-refractivity contribution in [3.63, 3.8) is 0 Å². The van der Waals surface area contributed by atoms with Gasteiger partial charge >= 0.3 is 0 Å². The molecule has 7 nitrogen and oxygen atoms in total. The smallest absolute Gasteiger partial charge is 0.229 e. The van der Waals surface area contributed by atoms with Crippen LogP contribution in [-0.2, 0) is 24.2 Å². The Bertz CT molecular complexity index is 1140. The van der Waals surface area contributed by atoms with Gasteiger partial charge in [0, 0.05) is 51.3 Å². The SMILES string of the molecule is CN(Cc1ccc(Cl)c(Cl)c1)C(=O)C1CN(c2c3c(nc4ccnn24)CCNCC3)C1. The molecule has 31 heavy (non-hydrogen) atoms. The molecule has 0 bridgehead atoms. The fourth-order valence-electron chi connectivity index (χ4n) is 4.45. The van der Waals surface area contributed by atoms with Crippen molar-refractivity contribution in [1.82, 2.24) is 24.8 Å². The van der Waals surface area contributed by atoms with Crippen molar-refractivity contribution in [3.05, 3.63) is 57.3 Å². The van der Waals surface area contributed by atoms with Gasteiger partial charge in [0.1, 0.15) is 5.82 Å². The lowest BCUT2D eigenvalue weighted by atomic mass is 9.96. The molecule has 5 rings (SSSR count). The fourth-order valence-corrected chi connectivity index (χ4v) is 4.77. The second kappa shape index (κ2) is 8.30. The molecule has 0 atom stereocenters. The maximum Gasteiger partial charge on any atom is 0.229 e. The van der Waals surface area contributed by atoms with Gasteiger partial charge in [-0.2, -0.15) is 9.61 Å². The third-order valence-electron chi connectivity index (χ3n) is 6.09. The van der Waals surface area contributed by atoms with E-state index in [9.17, 15) is 4.79 Å². The third kappa shape index (κ3) is 3.86. The molecule has 0 aliphatic carbocycles. The molecule has 0 spiro atoms. The molecule has 2 aromatic heterocycles. The summed E-state index contributed by atoms with van der Waals surface area (Å²) < 4.78 is 1.92. The van der Waals surface area contributed by atoms with Crippen LogP contribution < -0.4 is 10.2 Å². The van der Waals surface area contributed by atoms with Crippen LogP contribution in [0.5, 0.6) is 0 Å². The Kier molecular flexibility index (Phi) is 5.50. The van der Waals surface area contributed by atoms with E-state index in [0.717, 1.165) is 48.7 Å². The molecule has 1 aromatic carbocycles. The topological polar surface area (TPSA) is 65.8 Å². The molecule has 9 heteroatoms. The summed E-state index contributed by atoms with van der Waals surface area (Å²) in [6, 6.07) is 7.42. The van der Waals surface area contributed by atoms with Crippen molar-refractivity contribution >= 4 is 40.6 Å². The summed E-state index contributed by atoms with van der Waals surface area (Å²) >= 11 is 12.1. The van der Waals surface area contributed by atoms with Gasteiger partial charge in [-0.25, -0.2) is 4.98 Å². The quantitative estimate of drug-likeness (QED) is 0.650. The molecule has 0 unspecified atom stereocenters. The predicted octanol–water partition coefficient (Wildman–Crippen LogP) is 2.82. The van der Waals surface area contributed by atoms with E-state index in [4.69, 9.17) is 28.2 Å². The van der Waals surface area contributed by atoms with Crippen molar-refractivity contribution in [2.24, 2.45) is 5.92 Å². The monoisotopic (exact) mass is 458 g/mol. The zero-order valence-corrected chi connectivity index (χ0v) is 18.8. The van der Waals surface area contributed by atoms with E-state index in [1.807, 2.05) is 29.8 Å². The largest absolute Gasteiger partial charge is 0.354 e. The van der Waals surface area contributed by atoms with Gasteiger partial charge < -0.3 is 15.1 Å². The number of carbonyl (C=O) groups is 1. The number of fused-ring (bicyclic) bond motifs is 2. The average Bonchev–Trinajstić information content (AvgIpc) is 3.05. The number of carbonyl (C=O) groups excluding carboxylic acids is 1. The van der Waals surface area contributed by atoms with Crippen LogP contribution in [0, 0.1) is 5.92 Å². The van der Waals surface area contributed by atoms with E-state index in [1.54, 1.807) is 17.2 Å². The van der Waals surface area contributed by atoms with Crippen molar-refractivity contribution in [2.75, 3.05) is 38.1 Å². The van der Waals surface area contributed by atoms with Crippen LogP contribution in [0.2, 0.25) is 10.0 Å². The molecular weight excluding hydrogens is 435 g/mol. The Labute approximate surface area is 190 Å². The molecule has 4 heterocycles. The normalized spacial score (nSPS) is 16.7. The van der Waals surface area contributed by atoms with Gasteiger partial charge in [0.05, 0.1) is 27.9 Å². The van der Waals surface area contributed by atoms with Gasteiger partial charge in [0.15, 0.2) is 5.65 Å². The van der Waals surface area contributed by atoms with E-state index < -0.39 is 0 Å². The number of rotatable bonds is 4. The van der Waals surface area contributed by atoms with E-state index >= 15 is 0 Å². The number of halogens is 2. The lowest BCUT2D eigenvalue weighted by molar-refractivity contribution is -0.135. The zero-order chi connectivity index (χ0) is 21.5. The summed E-state index contributed by atoms with van der Waals surface area (Å²) in [5.41, 5.74) is 4.21. The lowest BCUT2D eigenvalue weighted by Gasteiger charge is -2.42. The molecule has 0 radical (unpaired) electrons. The maximum atomic E-state index is 13.0. The summed E-state index contributed by atoms with van der Waals surface area (Å²) in [7, 11) is 1.84. The van der Waals surface area contributed by atoms with Crippen LogP contribution in [0.3, 0.4) is 0 Å². The van der Waals surface area contributed by atoms with Crippen LogP contribution in [0.4, 0.5) is 5.82 Å². The Hall–Kier alpha value is -2.35. The highest BCUT2D eigenvalue weighted by atomic mass is 35.5. The first-order chi connectivity index (χ1) is 15.0. The number of nitrogens with one attached hydrogen (secondary N) is 1. The van der Waals surface area contributed by atoms with Crippen LogP contribution in [0.25, 0.3) is 5.65 Å². The van der Waals surface area contributed by atoms with E-state index in [-0.39, 0.29) is 11.8 Å². The highest BCUT2D eigenvalue weighted by Crippen LogP contribution is 2.32. The summed E-state index contributed by atoms with van der Waals surface area (Å²) in [5, 5.41) is 8.98. The van der Waals surface area contributed by atoms with Gasteiger partial charge in [-0.15, -0.1) is 0 Å². The van der Waals surface area contributed by atoms with Gasteiger partial charge in [-0.05, 0) is 30.7 Å². The third-order valence-corrected chi connectivity index (χ3v) is 6.83. The zero-order valence-electron chi connectivity index (χ0n) is 17.3.